The number of hydrogen-bond donors (Lipinski definition) is 0. The molecule has 6 heteroatoms. The van der Waals surface area contributed by atoms with E-state index in [-0.39, 0.29) is 16.7 Å². The van der Waals surface area contributed by atoms with Crippen LogP contribution in [-0.2, 0) is 9.09 Å². The molecule has 0 unspecified atom stereocenters. The Morgan fingerprint density at radius 1 is 0.567 bits per heavy atom. The Kier molecular flexibility index (Phi) is 6.14. The van der Waals surface area contributed by atoms with Crippen molar-refractivity contribution in [1.29, 1.82) is 0 Å². The van der Waals surface area contributed by atoms with Crippen LogP contribution < -0.4 is 0 Å². The molecule has 0 N–H and O–H groups in total. The molecule has 3 rings (SSSR count). The predicted molar refractivity (Wildman–Crippen MR) is 115 cm³/mol. The third-order valence-corrected chi connectivity index (χ3v) is 6.64. The van der Waals surface area contributed by atoms with Gasteiger partial charge >= 0.3 is 13.3 Å². The van der Waals surface area contributed by atoms with Crippen LogP contribution in [0.1, 0.15) is 47.8 Å². The number of aryl methyl sites for hydroxylation is 3. The largest absolute Gasteiger partial charge is 0.397 e. The molecule has 3 aromatic carbocycles. The molecule has 0 amide bonds. The molecule has 0 aliphatic rings. The highest BCUT2D eigenvalue weighted by molar-refractivity contribution is 7.92. The second kappa shape index (κ2) is 8.60. The van der Waals surface area contributed by atoms with E-state index in [2.05, 4.69) is 0 Å². The average molecular weight is 420 g/mol. The zero-order chi connectivity index (χ0) is 21.9. The molecule has 0 spiro atoms. The molecule has 3 aromatic rings. The van der Waals surface area contributed by atoms with Gasteiger partial charge in [0.1, 0.15) is 0 Å². The minimum Gasteiger partial charge on any atom is -0.397 e. The molecule has 0 fully saturated rings. The molecule has 0 saturated heterocycles. The predicted octanol–water partition coefficient (Wildman–Crippen LogP) is 5.73. The van der Waals surface area contributed by atoms with E-state index >= 15 is 0 Å². The molecule has 0 aromatic heterocycles. The van der Waals surface area contributed by atoms with E-state index in [1.807, 2.05) is 20.8 Å². The van der Waals surface area contributed by atoms with Gasteiger partial charge in [-0.25, -0.2) is 4.79 Å². The summed E-state index contributed by atoms with van der Waals surface area (Å²) < 4.78 is 18.9. The Morgan fingerprint density at radius 3 is 1.20 bits per heavy atom. The molecule has 0 aliphatic heterocycles. The quantitative estimate of drug-likeness (QED) is 0.476. The summed E-state index contributed by atoms with van der Waals surface area (Å²) in [5.74, 6) is -0.987. The summed E-state index contributed by atoms with van der Waals surface area (Å²) >= 11 is 0. The van der Waals surface area contributed by atoms with E-state index in [0.717, 1.165) is 16.7 Å². The molecule has 0 aliphatic carbocycles. The van der Waals surface area contributed by atoms with Crippen LogP contribution >= 0.6 is 7.37 Å². The van der Waals surface area contributed by atoms with Crippen molar-refractivity contribution < 1.29 is 23.5 Å². The van der Waals surface area contributed by atoms with Gasteiger partial charge in [0.15, 0.2) is 0 Å². The third-order valence-electron chi connectivity index (χ3n) is 4.63. The van der Waals surface area contributed by atoms with Crippen LogP contribution in [0.15, 0.2) is 72.8 Å². The molecular weight excluding hydrogens is 399 g/mol. The zero-order valence-corrected chi connectivity index (χ0v) is 17.8. The molecule has 0 saturated carbocycles. The van der Waals surface area contributed by atoms with Gasteiger partial charge in [0.05, 0.1) is 5.56 Å². The van der Waals surface area contributed by atoms with Gasteiger partial charge in [0.2, 0.25) is 0 Å². The van der Waals surface area contributed by atoms with Crippen LogP contribution in [-0.4, -0.2) is 17.0 Å². The number of carbonyl (C=O) groups excluding carboxylic acids is 3. The fraction of sp³-hybridized carbons (Fsp3) is 0.125. The average Bonchev–Trinajstić information content (AvgIpc) is 2.74. The second-order valence-corrected chi connectivity index (χ2v) is 9.24. The van der Waals surface area contributed by atoms with Crippen molar-refractivity contribution in [2.24, 2.45) is 0 Å². The van der Waals surface area contributed by atoms with Gasteiger partial charge in [0, 0.05) is 11.1 Å². The lowest BCUT2D eigenvalue weighted by Crippen LogP contribution is -2.17. The van der Waals surface area contributed by atoms with E-state index in [9.17, 15) is 18.9 Å². The van der Waals surface area contributed by atoms with Crippen LogP contribution in [0.5, 0.6) is 0 Å². The normalized spacial score (nSPS) is 11.0. The van der Waals surface area contributed by atoms with Gasteiger partial charge in [-0.15, -0.1) is 0 Å². The Hall–Kier alpha value is -3.30. The lowest BCUT2D eigenvalue weighted by atomic mass is 10.2. The molecule has 152 valence electrons. The number of carbonyl (C=O) groups is 3. The van der Waals surface area contributed by atoms with Crippen molar-refractivity contribution >= 4 is 24.4 Å². The van der Waals surface area contributed by atoms with Gasteiger partial charge in [-0.2, -0.15) is 0 Å². The first-order valence-electron chi connectivity index (χ1n) is 9.34. The Bertz CT molecular complexity index is 1080. The first-order valence-corrected chi connectivity index (χ1v) is 11.0. The summed E-state index contributed by atoms with van der Waals surface area (Å²) in [7, 11) is -4.74. The van der Waals surface area contributed by atoms with Crippen molar-refractivity contribution in [3.05, 3.63) is 106 Å². The van der Waals surface area contributed by atoms with Crippen LogP contribution in [0.2, 0.25) is 0 Å². The van der Waals surface area contributed by atoms with Gasteiger partial charge in [-0.05, 0) is 32.9 Å². The van der Waals surface area contributed by atoms with E-state index in [0.29, 0.717) is 0 Å². The standard InChI is InChI=1S/C24H21O5P/c1-16-4-10-19(11-5-16)22(25)29-30(28,23(26)20-12-6-17(2)7-13-20)24(27)21-14-8-18(3)9-15-21/h4-15H,1-3H3. The molecule has 0 bridgehead atoms. The third kappa shape index (κ3) is 4.47. The highest BCUT2D eigenvalue weighted by Crippen LogP contribution is 2.53. The van der Waals surface area contributed by atoms with Gasteiger partial charge in [-0.1, -0.05) is 77.4 Å². The molecule has 0 heterocycles. The lowest BCUT2D eigenvalue weighted by Gasteiger charge is -2.16. The van der Waals surface area contributed by atoms with E-state index in [4.69, 9.17) is 4.52 Å². The second-order valence-electron chi connectivity index (χ2n) is 7.14. The Labute approximate surface area is 175 Å². The maximum absolute atomic E-state index is 13.7. The molecule has 30 heavy (non-hydrogen) atoms. The van der Waals surface area contributed by atoms with Crippen LogP contribution in [0, 0.1) is 20.8 Å². The van der Waals surface area contributed by atoms with Gasteiger partial charge in [-0.3, -0.25) is 14.2 Å². The summed E-state index contributed by atoms with van der Waals surface area (Å²) in [4.78, 5) is 38.9. The maximum atomic E-state index is 13.7. The SMILES string of the molecule is Cc1ccc(C(=O)OP(=O)(C(=O)c2ccc(C)cc2)C(=O)c2ccc(C)cc2)cc1. The van der Waals surface area contributed by atoms with Crippen molar-refractivity contribution in [2.45, 2.75) is 20.8 Å². The molecule has 5 nitrogen and oxygen atoms in total. The smallest absolute Gasteiger partial charge is 0.388 e. The fourth-order valence-electron chi connectivity index (χ4n) is 2.77. The summed E-state index contributed by atoms with van der Waals surface area (Å²) in [6, 6.07) is 18.9. The number of hydrogen-bond acceptors (Lipinski definition) is 5. The Morgan fingerprint density at radius 2 is 0.867 bits per heavy atom. The van der Waals surface area contributed by atoms with Crippen LogP contribution in [0.4, 0.5) is 0 Å². The summed E-state index contributed by atoms with van der Waals surface area (Å²) in [5, 5.41) is 0. The van der Waals surface area contributed by atoms with Crippen molar-refractivity contribution in [3.63, 3.8) is 0 Å². The maximum Gasteiger partial charge on any atom is 0.388 e. The topological polar surface area (TPSA) is 77.5 Å². The van der Waals surface area contributed by atoms with Gasteiger partial charge < -0.3 is 4.52 Å². The van der Waals surface area contributed by atoms with Crippen molar-refractivity contribution in [1.82, 2.24) is 0 Å². The highest BCUT2D eigenvalue weighted by atomic mass is 31.2. The highest BCUT2D eigenvalue weighted by Gasteiger charge is 2.45. The minimum absolute atomic E-state index is 0.0427. The van der Waals surface area contributed by atoms with Crippen molar-refractivity contribution in [2.75, 3.05) is 0 Å². The summed E-state index contributed by atoms with van der Waals surface area (Å²) in [6.45, 7) is 5.52. The van der Waals surface area contributed by atoms with Crippen LogP contribution in [0.3, 0.4) is 0 Å². The summed E-state index contributed by atoms with van der Waals surface area (Å²) in [6.07, 6.45) is 0. The van der Waals surface area contributed by atoms with Crippen molar-refractivity contribution in [3.8, 4) is 0 Å². The molecular formula is C24H21O5P. The summed E-state index contributed by atoms with van der Waals surface area (Å²) in [5.41, 5.74) is 0.880. The Balaban J connectivity index is 2.03. The number of rotatable bonds is 6. The van der Waals surface area contributed by atoms with E-state index < -0.39 is 24.4 Å². The van der Waals surface area contributed by atoms with Crippen LogP contribution in [0.25, 0.3) is 0 Å². The molecule has 0 radical (unpaired) electrons. The van der Waals surface area contributed by atoms with E-state index in [1.54, 1.807) is 36.4 Å². The first-order chi connectivity index (χ1) is 14.2. The van der Waals surface area contributed by atoms with E-state index in [1.165, 1.54) is 36.4 Å². The zero-order valence-electron chi connectivity index (χ0n) is 16.9. The lowest BCUT2D eigenvalue weighted by molar-refractivity contribution is 0.0715. The fourth-order valence-corrected chi connectivity index (χ4v) is 4.43. The van der Waals surface area contributed by atoms with Gasteiger partial charge in [0.25, 0.3) is 11.0 Å². The minimum atomic E-state index is -4.74. The first kappa shape index (κ1) is 21.4. The number of benzene rings is 3. The monoisotopic (exact) mass is 420 g/mol. The molecule has 0 atom stereocenters.